The van der Waals surface area contributed by atoms with Gasteiger partial charge in [-0.3, -0.25) is 0 Å². The molecule has 2 nitrogen and oxygen atoms in total. The Hall–Kier alpha value is -0.670. The molecule has 0 heterocycles. The lowest BCUT2D eigenvalue weighted by Gasteiger charge is -2.16. The van der Waals surface area contributed by atoms with Crippen molar-refractivity contribution >= 4 is 17.4 Å². The second-order valence-electron chi connectivity index (χ2n) is 3.36. The molecule has 0 aliphatic heterocycles. The lowest BCUT2D eigenvalue weighted by Crippen LogP contribution is -2.11. The standard InChI is InChI=1S/C11H18N2S/c1-13(2)11-6-4-3-5-10(11)9-14-8-7-12/h3-6H,7-9,12H2,1-2H3. The first-order valence-electron chi connectivity index (χ1n) is 4.78. The van der Waals surface area contributed by atoms with Crippen LogP contribution in [0.3, 0.4) is 0 Å². The van der Waals surface area contributed by atoms with Crippen molar-refractivity contribution in [2.75, 3.05) is 31.3 Å². The van der Waals surface area contributed by atoms with Gasteiger partial charge in [-0.1, -0.05) is 18.2 Å². The molecule has 0 aliphatic rings. The summed E-state index contributed by atoms with van der Waals surface area (Å²) in [5.74, 6) is 2.08. The Morgan fingerprint density at radius 1 is 1.29 bits per heavy atom. The summed E-state index contributed by atoms with van der Waals surface area (Å²) in [6.07, 6.45) is 0. The molecule has 14 heavy (non-hydrogen) atoms. The Balaban J connectivity index is 2.64. The summed E-state index contributed by atoms with van der Waals surface area (Å²) in [5, 5.41) is 0. The fraction of sp³-hybridized carbons (Fsp3) is 0.455. The molecule has 0 amide bonds. The minimum Gasteiger partial charge on any atom is -0.377 e. The molecule has 3 heteroatoms. The average molecular weight is 210 g/mol. The monoisotopic (exact) mass is 210 g/mol. The van der Waals surface area contributed by atoms with Gasteiger partial charge in [-0.05, 0) is 11.6 Å². The zero-order valence-electron chi connectivity index (χ0n) is 8.86. The second kappa shape index (κ2) is 5.94. The van der Waals surface area contributed by atoms with Gasteiger partial charge in [0.15, 0.2) is 0 Å². The third-order valence-corrected chi connectivity index (χ3v) is 3.03. The van der Waals surface area contributed by atoms with E-state index in [2.05, 4.69) is 43.3 Å². The largest absolute Gasteiger partial charge is 0.377 e. The molecule has 1 aromatic rings. The van der Waals surface area contributed by atoms with Crippen LogP contribution in [0.25, 0.3) is 0 Å². The van der Waals surface area contributed by atoms with Gasteiger partial charge in [0.05, 0.1) is 0 Å². The summed E-state index contributed by atoms with van der Waals surface area (Å²) in [4.78, 5) is 2.15. The number of nitrogens with two attached hydrogens (primary N) is 1. The van der Waals surface area contributed by atoms with Crippen molar-refractivity contribution < 1.29 is 0 Å². The Morgan fingerprint density at radius 3 is 2.64 bits per heavy atom. The van der Waals surface area contributed by atoms with Crippen LogP contribution in [0.2, 0.25) is 0 Å². The predicted octanol–water partition coefficient (Wildman–Crippen LogP) is 1.94. The molecule has 0 aliphatic carbocycles. The van der Waals surface area contributed by atoms with E-state index >= 15 is 0 Å². The summed E-state index contributed by atoms with van der Waals surface area (Å²) < 4.78 is 0. The van der Waals surface area contributed by atoms with E-state index in [1.165, 1.54) is 11.3 Å². The van der Waals surface area contributed by atoms with Crippen molar-refractivity contribution in [3.05, 3.63) is 29.8 Å². The third kappa shape index (κ3) is 3.24. The molecular formula is C11H18N2S. The van der Waals surface area contributed by atoms with E-state index < -0.39 is 0 Å². The zero-order chi connectivity index (χ0) is 10.4. The van der Waals surface area contributed by atoms with E-state index in [9.17, 15) is 0 Å². The van der Waals surface area contributed by atoms with Crippen LogP contribution in [-0.4, -0.2) is 26.4 Å². The van der Waals surface area contributed by atoms with Gasteiger partial charge in [0.25, 0.3) is 0 Å². The molecule has 1 aromatic carbocycles. The van der Waals surface area contributed by atoms with E-state index in [1.54, 1.807) is 0 Å². The van der Waals surface area contributed by atoms with Crippen LogP contribution in [-0.2, 0) is 5.75 Å². The number of hydrogen-bond acceptors (Lipinski definition) is 3. The molecule has 0 radical (unpaired) electrons. The summed E-state index contributed by atoms with van der Waals surface area (Å²) in [6, 6.07) is 8.50. The Kier molecular flexibility index (Phi) is 4.84. The molecule has 0 bridgehead atoms. The summed E-state index contributed by atoms with van der Waals surface area (Å²) >= 11 is 1.89. The molecular weight excluding hydrogens is 192 g/mol. The fourth-order valence-corrected chi connectivity index (χ4v) is 2.11. The van der Waals surface area contributed by atoms with Crippen molar-refractivity contribution in [2.24, 2.45) is 5.73 Å². The van der Waals surface area contributed by atoms with Crippen LogP contribution in [0.1, 0.15) is 5.56 Å². The van der Waals surface area contributed by atoms with E-state index in [0.717, 1.165) is 18.1 Å². The quantitative estimate of drug-likeness (QED) is 0.753. The molecule has 0 saturated heterocycles. The average Bonchev–Trinajstić information content (AvgIpc) is 2.19. The molecule has 0 saturated carbocycles. The van der Waals surface area contributed by atoms with Crippen LogP contribution >= 0.6 is 11.8 Å². The van der Waals surface area contributed by atoms with Crippen LogP contribution in [0.5, 0.6) is 0 Å². The van der Waals surface area contributed by atoms with Crippen LogP contribution < -0.4 is 10.6 Å². The minimum absolute atomic E-state index is 0.759. The zero-order valence-corrected chi connectivity index (χ0v) is 9.68. The number of nitrogens with zero attached hydrogens (tertiary/aromatic N) is 1. The third-order valence-electron chi connectivity index (χ3n) is 1.99. The molecule has 0 atom stereocenters. The summed E-state index contributed by atoms with van der Waals surface area (Å²) in [6.45, 7) is 0.759. The van der Waals surface area contributed by atoms with Crippen LogP contribution in [0.4, 0.5) is 5.69 Å². The van der Waals surface area contributed by atoms with Gasteiger partial charge in [-0.25, -0.2) is 0 Å². The first-order valence-corrected chi connectivity index (χ1v) is 5.94. The van der Waals surface area contributed by atoms with E-state index in [-0.39, 0.29) is 0 Å². The lowest BCUT2D eigenvalue weighted by molar-refractivity contribution is 1.11. The number of anilines is 1. The molecule has 0 spiro atoms. The Morgan fingerprint density at radius 2 is 2.00 bits per heavy atom. The van der Waals surface area contributed by atoms with Crippen molar-refractivity contribution in [1.82, 2.24) is 0 Å². The number of rotatable bonds is 5. The highest BCUT2D eigenvalue weighted by Crippen LogP contribution is 2.22. The minimum atomic E-state index is 0.759. The number of para-hydroxylation sites is 1. The molecule has 0 unspecified atom stereocenters. The summed E-state index contributed by atoms with van der Waals surface area (Å²) in [5.41, 5.74) is 8.15. The number of hydrogen-bond donors (Lipinski definition) is 1. The van der Waals surface area contributed by atoms with Crippen molar-refractivity contribution in [3.8, 4) is 0 Å². The highest BCUT2D eigenvalue weighted by atomic mass is 32.2. The highest BCUT2D eigenvalue weighted by molar-refractivity contribution is 7.98. The predicted molar refractivity (Wildman–Crippen MR) is 66.0 cm³/mol. The molecule has 0 fully saturated rings. The highest BCUT2D eigenvalue weighted by Gasteiger charge is 2.02. The van der Waals surface area contributed by atoms with Gasteiger partial charge in [-0.2, -0.15) is 11.8 Å². The number of benzene rings is 1. The number of thioether (sulfide) groups is 1. The molecule has 78 valence electrons. The van der Waals surface area contributed by atoms with E-state index in [0.29, 0.717) is 0 Å². The maximum absolute atomic E-state index is 5.46. The van der Waals surface area contributed by atoms with Gasteiger partial charge in [0.1, 0.15) is 0 Å². The van der Waals surface area contributed by atoms with E-state index in [4.69, 9.17) is 5.73 Å². The smallest absolute Gasteiger partial charge is 0.0402 e. The van der Waals surface area contributed by atoms with Crippen LogP contribution in [0, 0.1) is 0 Å². The molecule has 0 aromatic heterocycles. The Bertz CT molecular complexity index is 274. The van der Waals surface area contributed by atoms with Crippen molar-refractivity contribution in [2.45, 2.75) is 5.75 Å². The van der Waals surface area contributed by atoms with Crippen LogP contribution in [0.15, 0.2) is 24.3 Å². The SMILES string of the molecule is CN(C)c1ccccc1CSCCN. The van der Waals surface area contributed by atoms with Crippen molar-refractivity contribution in [3.63, 3.8) is 0 Å². The van der Waals surface area contributed by atoms with Gasteiger partial charge in [0.2, 0.25) is 0 Å². The maximum Gasteiger partial charge on any atom is 0.0402 e. The van der Waals surface area contributed by atoms with Gasteiger partial charge < -0.3 is 10.6 Å². The van der Waals surface area contributed by atoms with Gasteiger partial charge in [-0.15, -0.1) is 0 Å². The van der Waals surface area contributed by atoms with Crippen molar-refractivity contribution in [1.29, 1.82) is 0 Å². The first-order chi connectivity index (χ1) is 6.75. The fourth-order valence-electron chi connectivity index (χ4n) is 1.33. The first kappa shape index (κ1) is 11.4. The maximum atomic E-state index is 5.46. The van der Waals surface area contributed by atoms with Gasteiger partial charge in [0, 0.05) is 37.8 Å². The van der Waals surface area contributed by atoms with Gasteiger partial charge >= 0.3 is 0 Å². The molecule has 1 rings (SSSR count). The molecule has 2 N–H and O–H groups in total. The Labute approximate surface area is 90.5 Å². The summed E-state index contributed by atoms with van der Waals surface area (Å²) in [7, 11) is 4.15. The normalized spacial score (nSPS) is 10.2. The topological polar surface area (TPSA) is 29.3 Å². The lowest BCUT2D eigenvalue weighted by atomic mass is 10.2. The second-order valence-corrected chi connectivity index (χ2v) is 4.47. The van der Waals surface area contributed by atoms with E-state index in [1.807, 2.05) is 11.8 Å².